The van der Waals surface area contributed by atoms with E-state index in [1.165, 1.54) is 0 Å². The molecule has 4 nitrogen and oxygen atoms in total. The van der Waals surface area contributed by atoms with Crippen LogP contribution >= 0.6 is 0 Å². The number of rotatable bonds is 7. The molecule has 17 heavy (non-hydrogen) atoms. The van der Waals surface area contributed by atoms with E-state index in [0.717, 1.165) is 37.8 Å². The number of H-pyrrole nitrogens is 1. The van der Waals surface area contributed by atoms with Gasteiger partial charge in [0, 0.05) is 24.6 Å². The Morgan fingerprint density at radius 1 is 1.59 bits per heavy atom. The van der Waals surface area contributed by atoms with Gasteiger partial charge in [-0.2, -0.15) is 5.10 Å². The number of nitrogens with zero attached hydrogens (tertiary/aromatic N) is 1. The highest BCUT2D eigenvalue weighted by Gasteiger charge is 2.05. The van der Waals surface area contributed by atoms with Gasteiger partial charge in [-0.1, -0.05) is 13.3 Å². The van der Waals surface area contributed by atoms with Gasteiger partial charge in [0.2, 0.25) is 5.91 Å². The molecule has 0 unspecified atom stereocenters. The summed E-state index contributed by atoms with van der Waals surface area (Å²) in [6, 6.07) is 1.88. The van der Waals surface area contributed by atoms with Crippen molar-refractivity contribution in [3.8, 4) is 12.3 Å². The predicted octanol–water partition coefficient (Wildman–Crippen LogP) is 2.49. The van der Waals surface area contributed by atoms with E-state index in [9.17, 15) is 4.79 Å². The summed E-state index contributed by atoms with van der Waals surface area (Å²) < 4.78 is 0. The largest absolute Gasteiger partial charge is 0.309 e. The van der Waals surface area contributed by atoms with Gasteiger partial charge in [-0.15, -0.1) is 12.3 Å². The zero-order valence-electron chi connectivity index (χ0n) is 10.3. The zero-order chi connectivity index (χ0) is 12.5. The molecule has 1 amide bonds. The number of unbranched alkanes of at least 4 members (excludes halogenated alkanes) is 2. The van der Waals surface area contributed by atoms with E-state index in [4.69, 9.17) is 6.42 Å². The van der Waals surface area contributed by atoms with Crippen molar-refractivity contribution >= 4 is 11.7 Å². The quantitative estimate of drug-likeness (QED) is 0.561. The van der Waals surface area contributed by atoms with Gasteiger partial charge in [0.15, 0.2) is 5.82 Å². The third kappa shape index (κ3) is 5.21. The number of carbonyl (C=O) groups excluding carboxylic acids is 1. The Kier molecular flexibility index (Phi) is 5.87. The normalized spacial score (nSPS) is 9.88. The summed E-state index contributed by atoms with van der Waals surface area (Å²) in [4.78, 5) is 11.5. The molecule has 0 fully saturated rings. The molecule has 1 rings (SSSR count). The standard InChI is InChI=1S/C13H19N3O/c1-3-5-6-7-9-13(17)14-12-10-11(8-4-2)15-16-12/h1,10H,4-9H2,2H3,(H2,14,15,16,17). The van der Waals surface area contributed by atoms with Gasteiger partial charge in [-0.25, -0.2) is 0 Å². The lowest BCUT2D eigenvalue weighted by Crippen LogP contribution is -2.11. The smallest absolute Gasteiger partial charge is 0.225 e. The molecule has 1 aromatic rings. The Bertz CT molecular complexity index is 390. The number of nitrogens with one attached hydrogen (secondary N) is 2. The van der Waals surface area contributed by atoms with Crippen LogP contribution in [0.3, 0.4) is 0 Å². The average Bonchev–Trinajstić information content (AvgIpc) is 2.73. The first-order valence-electron chi connectivity index (χ1n) is 6.04. The highest BCUT2D eigenvalue weighted by atomic mass is 16.1. The van der Waals surface area contributed by atoms with E-state index in [-0.39, 0.29) is 5.91 Å². The molecule has 0 bridgehead atoms. The summed E-state index contributed by atoms with van der Waals surface area (Å²) in [6.07, 6.45) is 10.1. The van der Waals surface area contributed by atoms with E-state index >= 15 is 0 Å². The Hall–Kier alpha value is -1.76. The summed E-state index contributed by atoms with van der Waals surface area (Å²) in [6.45, 7) is 2.10. The monoisotopic (exact) mass is 233 g/mol. The van der Waals surface area contributed by atoms with Crippen molar-refractivity contribution in [2.45, 2.75) is 45.4 Å². The summed E-state index contributed by atoms with van der Waals surface area (Å²) in [5, 5.41) is 9.69. The molecule has 4 heteroatoms. The number of amides is 1. The second kappa shape index (κ2) is 7.50. The van der Waals surface area contributed by atoms with Crippen LogP contribution in [-0.4, -0.2) is 16.1 Å². The number of aromatic nitrogens is 2. The summed E-state index contributed by atoms with van der Waals surface area (Å²) in [5.74, 6) is 3.16. The molecule has 0 aromatic carbocycles. The highest BCUT2D eigenvalue weighted by molar-refractivity contribution is 5.89. The van der Waals surface area contributed by atoms with Crippen LogP contribution in [0.1, 0.15) is 44.7 Å². The molecule has 0 saturated carbocycles. The van der Waals surface area contributed by atoms with Crippen LogP contribution in [0.2, 0.25) is 0 Å². The van der Waals surface area contributed by atoms with Crippen molar-refractivity contribution in [1.82, 2.24) is 10.2 Å². The fourth-order valence-electron chi connectivity index (χ4n) is 1.54. The van der Waals surface area contributed by atoms with Crippen LogP contribution in [0.25, 0.3) is 0 Å². The first-order valence-corrected chi connectivity index (χ1v) is 6.04. The van der Waals surface area contributed by atoms with E-state index in [2.05, 4.69) is 28.4 Å². The zero-order valence-corrected chi connectivity index (χ0v) is 10.3. The predicted molar refractivity (Wildman–Crippen MR) is 68.5 cm³/mol. The Balaban J connectivity index is 2.27. The van der Waals surface area contributed by atoms with Crippen molar-refractivity contribution in [2.24, 2.45) is 0 Å². The van der Waals surface area contributed by atoms with Gasteiger partial charge in [0.25, 0.3) is 0 Å². The topological polar surface area (TPSA) is 57.8 Å². The molecule has 1 heterocycles. The van der Waals surface area contributed by atoms with Crippen LogP contribution in [0.5, 0.6) is 0 Å². The van der Waals surface area contributed by atoms with E-state index < -0.39 is 0 Å². The molecule has 0 aliphatic rings. The van der Waals surface area contributed by atoms with Gasteiger partial charge in [0.05, 0.1) is 0 Å². The van der Waals surface area contributed by atoms with Gasteiger partial charge in [0.1, 0.15) is 0 Å². The molecule has 0 spiro atoms. The molecule has 0 saturated heterocycles. The third-order valence-corrected chi connectivity index (χ3v) is 2.39. The number of aryl methyl sites for hydroxylation is 1. The van der Waals surface area contributed by atoms with Crippen LogP contribution in [0, 0.1) is 12.3 Å². The molecule has 92 valence electrons. The number of anilines is 1. The maximum absolute atomic E-state index is 11.5. The average molecular weight is 233 g/mol. The molecule has 2 N–H and O–H groups in total. The highest BCUT2D eigenvalue weighted by Crippen LogP contribution is 2.08. The minimum absolute atomic E-state index is 0.00318. The maximum Gasteiger partial charge on any atom is 0.225 e. The Labute approximate surface area is 102 Å². The number of carbonyl (C=O) groups is 1. The fourth-order valence-corrected chi connectivity index (χ4v) is 1.54. The molecule has 0 radical (unpaired) electrons. The lowest BCUT2D eigenvalue weighted by Gasteiger charge is -2.00. The van der Waals surface area contributed by atoms with Crippen LogP contribution in [-0.2, 0) is 11.2 Å². The van der Waals surface area contributed by atoms with Crippen molar-refractivity contribution < 1.29 is 4.79 Å². The minimum Gasteiger partial charge on any atom is -0.309 e. The molecular formula is C13H19N3O. The van der Waals surface area contributed by atoms with Gasteiger partial charge in [-0.05, 0) is 19.3 Å². The van der Waals surface area contributed by atoms with Gasteiger partial charge < -0.3 is 5.32 Å². The van der Waals surface area contributed by atoms with Crippen molar-refractivity contribution in [3.63, 3.8) is 0 Å². The van der Waals surface area contributed by atoms with Crippen molar-refractivity contribution in [1.29, 1.82) is 0 Å². The molecule has 0 aliphatic heterocycles. The summed E-state index contributed by atoms with van der Waals surface area (Å²) in [7, 11) is 0. The molecule has 1 aromatic heterocycles. The number of hydrogen-bond acceptors (Lipinski definition) is 2. The maximum atomic E-state index is 11.5. The van der Waals surface area contributed by atoms with Crippen molar-refractivity contribution in [3.05, 3.63) is 11.8 Å². The summed E-state index contributed by atoms with van der Waals surface area (Å²) >= 11 is 0. The van der Waals surface area contributed by atoms with Crippen molar-refractivity contribution in [2.75, 3.05) is 5.32 Å². The second-order valence-corrected chi connectivity index (χ2v) is 3.99. The molecule has 0 atom stereocenters. The van der Waals surface area contributed by atoms with Gasteiger partial charge >= 0.3 is 0 Å². The van der Waals surface area contributed by atoms with E-state index in [1.54, 1.807) is 0 Å². The first kappa shape index (κ1) is 13.3. The third-order valence-electron chi connectivity index (χ3n) is 2.39. The Morgan fingerprint density at radius 3 is 3.12 bits per heavy atom. The van der Waals surface area contributed by atoms with E-state index in [1.807, 2.05) is 6.07 Å². The minimum atomic E-state index is -0.00318. The first-order chi connectivity index (χ1) is 8.26. The molecule has 0 aliphatic carbocycles. The van der Waals surface area contributed by atoms with Gasteiger partial charge in [-0.3, -0.25) is 9.89 Å². The molecular weight excluding hydrogens is 214 g/mol. The fraction of sp³-hybridized carbons (Fsp3) is 0.538. The number of hydrogen-bond donors (Lipinski definition) is 2. The lowest BCUT2D eigenvalue weighted by molar-refractivity contribution is -0.116. The van der Waals surface area contributed by atoms with Crippen LogP contribution in [0.15, 0.2) is 6.07 Å². The SMILES string of the molecule is C#CCCCCC(=O)Nc1cc(CCC)[nH]n1. The second-order valence-electron chi connectivity index (χ2n) is 3.99. The summed E-state index contributed by atoms with van der Waals surface area (Å²) in [5.41, 5.74) is 1.05. The Morgan fingerprint density at radius 2 is 2.41 bits per heavy atom. The van der Waals surface area contributed by atoms with E-state index in [0.29, 0.717) is 12.2 Å². The number of terminal acetylenes is 1. The van der Waals surface area contributed by atoms with Crippen LogP contribution < -0.4 is 5.32 Å². The number of aromatic amines is 1. The lowest BCUT2D eigenvalue weighted by atomic mass is 10.2. The van der Waals surface area contributed by atoms with Crippen LogP contribution in [0.4, 0.5) is 5.82 Å².